The van der Waals surface area contributed by atoms with Crippen molar-refractivity contribution >= 4 is 5.82 Å². The van der Waals surface area contributed by atoms with E-state index in [0.717, 1.165) is 11.5 Å². The predicted octanol–water partition coefficient (Wildman–Crippen LogP) is 1.98. The van der Waals surface area contributed by atoms with Crippen LogP contribution >= 0.6 is 0 Å². The van der Waals surface area contributed by atoms with Crippen molar-refractivity contribution in [3.8, 4) is 0 Å². The second-order valence-electron chi connectivity index (χ2n) is 3.09. The van der Waals surface area contributed by atoms with Gasteiger partial charge in [0.25, 0.3) is 0 Å². The van der Waals surface area contributed by atoms with Crippen LogP contribution < -0.4 is 5.32 Å². The molecule has 2 aromatic heterocycles. The molecule has 0 saturated carbocycles. The lowest BCUT2D eigenvalue weighted by atomic mass is 10.2. The van der Waals surface area contributed by atoms with Gasteiger partial charge in [-0.2, -0.15) is 0 Å². The van der Waals surface area contributed by atoms with Gasteiger partial charge in [0.1, 0.15) is 5.82 Å². The van der Waals surface area contributed by atoms with Gasteiger partial charge in [-0.25, -0.2) is 4.98 Å². The highest BCUT2D eigenvalue weighted by atomic mass is 15.1. The molecule has 0 aliphatic carbocycles. The van der Waals surface area contributed by atoms with E-state index < -0.39 is 0 Å². The van der Waals surface area contributed by atoms with E-state index in [9.17, 15) is 0 Å². The molecule has 14 heavy (non-hydrogen) atoms. The van der Waals surface area contributed by atoms with Gasteiger partial charge in [0, 0.05) is 6.20 Å². The minimum absolute atomic E-state index is 0.177. The molecule has 72 valence electrons. The van der Waals surface area contributed by atoms with Gasteiger partial charge in [0.2, 0.25) is 0 Å². The van der Waals surface area contributed by atoms with E-state index in [0.29, 0.717) is 0 Å². The van der Waals surface area contributed by atoms with E-state index in [1.54, 1.807) is 18.7 Å². The Morgan fingerprint density at radius 1 is 1.43 bits per heavy atom. The molecule has 2 aromatic rings. The SMILES string of the molecule is CC(Nc1cnc[nH]1)c1ccccn1. The molecule has 0 radical (unpaired) electrons. The lowest BCUT2D eigenvalue weighted by molar-refractivity contribution is 0.834. The molecule has 1 atom stereocenters. The first-order valence-corrected chi connectivity index (χ1v) is 4.52. The number of hydrogen-bond donors (Lipinski definition) is 2. The Balaban J connectivity index is 2.07. The average molecular weight is 188 g/mol. The summed E-state index contributed by atoms with van der Waals surface area (Å²) in [6.07, 6.45) is 5.19. The van der Waals surface area contributed by atoms with E-state index in [1.807, 2.05) is 18.2 Å². The molecule has 0 fully saturated rings. The first-order valence-electron chi connectivity index (χ1n) is 4.52. The van der Waals surface area contributed by atoms with Gasteiger partial charge >= 0.3 is 0 Å². The van der Waals surface area contributed by atoms with Crippen LogP contribution in [0.3, 0.4) is 0 Å². The van der Waals surface area contributed by atoms with Crippen molar-refractivity contribution in [2.24, 2.45) is 0 Å². The summed E-state index contributed by atoms with van der Waals surface area (Å²) in [4.78, 5) is 11.2. The second kappa shape index (κ2) is 3.91. The van der Waals surface area contributed by atoms with E-state index in [1.165, 1.54) is 0 Å². The topological polar surface area (TPSA) is 53.6 Å². The van der Waals surface area contributed by atoms with Crippen molar-refractivity contribution in [1.82, 2.24) is 15.0 Å². The summed E-state index contributed by atoms with van der Waals surface area (Å²) in [5, 5.41) is 3.26. The fraction of sp³-hybridized carbons (Fsp3) is 0.200. The van der Waals surface area contributed by atoms with E-state index in [-0.39, 0.29) is 6.04 Å². The van der Waals surface area contributed by atoms with Crippen LogP contribution in [0.2, 0.25) is 0 Å². The molecule has 4 nitrogen and oxygen atoms in total. The summed E-state index contributed by atoms with van der Waals surface area (Å²) in [5.41, 5.74) is 1.02. The quantitative estimate of drug-likeness (QED) is 0.774. The number of anilines is 1. The zero-order chi connectivity index (χ0) is 9.80. The minimum atomic E-state index is 0.177. The maximum atomic E-state index is 4.26. The average Bonchev–Trinajstić information content (AvgIpc) is 2.72. The number of pyridine rings is 1. The van der Waals surface area contributed by atoms with Crippen molar-refractivity contribution < 1.29 is 0 Å². The molecule has 0 aliphatic rings. The Morgan fingerprint density at radius 3 is 3.00 bits per heavy atom. The largest absolute Gasteiger partial charge is 0.362 e. The molecule has 0 aliphatic heterocycles. The van der Waals surface area contributed by atoms with Crippen molar-refractivity contribution in [1.29, 1.82) is 0 Å². The summed E-state index contributed by atoms with van der Waals surface area (Å²) >= 11 is 0. The van der Waals surface area contributed by atoms with Crippen LogP contribution in [0.25, 0.3) is 0 Å². The monoisotopic (exact) mass is 188 g/mol. The van der Waals surface area contributed by atoms with Crippen LogP contribution in [0.15, 0.2) is 36.9 Å². The van der Waals surface area contributed by atoms with E-state index >= 15 is 0 Å². The normalized spacial score (nSPS) is 12.4. The van der Waals surface area contributed by atoms with Crippen LogP contribution in [0.1, 0.15) is 18.7 Å². The zero-order valence-corrected chi connectivity index (χ0v) is 7.94. The molecule has 4 heteroatoms. The standard InChI is InChI=1S/C10H12N4/c1-8(9-4-2-3-5-12-9)14-10-6-11-7-13-10/h2-8,14H,1H3,(H,11,13). The van der Waals surface area contributed by atoms with Crippen LogP contribution in [-0.4, -0.2) is 15.0 Å². The first-order chi connectivity index (χ1) is 6.86. The molecule has 0 amide bonds. The number of rotatable bonds is 3. The van der Waals surface area contributed by atoms with Gasteiger partial charge in [-0.1, -0.05) is 6.07 Å². The van der Waals surface area contributed by atoms with Crippen molar-refractivity contribution in [3.05, 3.63) is 42.6 Å². The Bertz CT molecular complexity index is 368. The maximum absolute atomic E-state index is 4.26. The molecular formula is C10H12N4. The lowest BCUT2D eigenvalue weighted by Crippen LogP contribution is -2.08. The number of nitrogens with zero attached hydrogens (tertiary/aromatic N) is 2. The number of imidazole rings is 1. The fourth-order valence-corrected chi connectivity index (χ4v) is 1.27. The summed E-state index contributed by atoms with van der Waals surface area (Å²) in [6, 6.07) is 6.06. The molecule has 2 rings (SSSR count). The molecule has 2 heterocycles. The zero-order valence-electron chi connectivity index (χ0n) is 7.94. The summed E-state index contributed by atoms with van der Waals surface area (Å²) in [5.74, 6) is 0.906. The minimum Gasteiger partial charge on any atom is -0.362 e. The van der Waals surface area contributed by atoms with Crippen LogP contribution in [0.5, 0.6) is 0 Å². The molecule has 1 unspecified atom stereocenters. The molecule has 0 saturated heterocycles. The highest BCUT2D eigenvalue weighted by Crippen LogP contribution is 2.13. The number of nitrogens with one attached hydrogen (secondary N) is 2. The Hall–Kier alpha value is -1.84. The van der Waals surface area contributed by atoms with Crippen LogP contribution in [0, 0.1) is 0 Å². The second-order valence-corrected chi connectivity index (χ2v) is 3.09. The summed E-state index contributed by atoms with van der Waals surface area (Å²) < 4.78 is 0. The highest BCUT2D eigenvalue weighted by Gasteiger charge is 2.05. The third-order valence-corrected chi connectivity index (χ3v) is 2.00. The third kappa shape index (κ3) is 1.90. The smallest absolute Gasteiger partial charge is 0.123 e. The maximum Gasteiger partial charge on any atom is 0.123 e. The van der Waals surface area contributed by atoms with Crippen molar-refractivity contribution in [2.75, 3.05) is 5.32 Å². The molecule has 2 N–H and O–H groups in total. The van der Waals surface area contributed by atoms with E-state index in [2.05, 4.69) is 27.2 Å². The lowest BCUT2D eigenvalue weighted by Gasteiger charge is -2.12. The number of H-pyrrole nitrogens is 1. The fourth-order valence-electron chi connectivity index (χ4n) is 1.27. The van der Waals surface area contributed by atoms with Gasteiger partial charge in [0.05, 0.1) is 24.3 Å². The number of aromatic nitrogens is 3. The van der Waals surface area contributed by atoms with Crippen molar-refractivity contribution in [2.45, 2.75) is 13.0 Å². The molecule has 0 bridgehead atoms. The van der Waals surface area contributed by atoms with Gasteiger partial charge in [-0.3, -0.25) is 4.98 Å². The van der Waals surface area contributed by atoms with Gasteiger partial charge in [-0.15, -0.1) is 0 Å². The third-order valence-electron chi connectivity index (χ3n) is 2.00. The molecular weight excluding hydrogens is 176 g/mol. The van der Waals surface area contributed by atoms with E-state index in [4.69, 9.17) is 0 Å². The molecule has 0 aromatic carbocycles. The predicted molar refractivity (Wildman–Crippen MR) is 54.9 cm³/mol. The molecule has 0 spiro atoms. The highest BCUT2D eigenvalue weighted by molar-refractivity contribution is 5.33. The van der Waals surface area contributed by atoms with Gasteiger partial charge in [0.15, 0.2) is 0 Å². The number of hydrogen-bond acceptors (Lipinski definition) is 3. The number of aromatic amines is 1. The van der Waals surface area contributed by atoms with Gasteiger partial charge < -0.3 is 10.3 Å². The van der Waals surface area contributed by atoms with Gasteiger partial charge in [-0.05, 0) is 19.1 Å². The first kappa shape index (κ1) is 8.74. The van der Waals surface area contributed by atoms with Crippen LogP contribution in [0.4, 0.5) is 5.82 Å². The Labute approximate surface area is 82.4 Å². The Morgan fingerprint density at radius 2 is 2.36 bits per heavy atom. The summed E-state index contributed by atoms with van der Waals surface area (Å²) in [6.45, 7) is 2.06. The Kier molecular flexibility index (Phi) is 2.44. The summed E-state index contributed by atoms with van der Waals surface area (Å²) in [7, 11) is 0. The van der Waals surface area contributed by atoms with Crippen molar-refractivity contribution in [3.63, 3.8) is 0 Å². The van der Waals surface area contributed by atoms with Crippen LogP contribution in [-0.2, 0) is 0 Å².